The van der Waals surface area contributed by atoms with Crippen LogP contribution in [-0.2, 0) is 6.61 Å². The summed E-state index contributed by atoms with van der Waals surface area (Å²) in [7, 11) is 1.52. The van der Waals surface area contributed by atoms with Crippen molar-refractivity contribution in [2.24, 2.45) is 0 Å². The number of aromatic nitrogens is 1. The van der Waals surface area contributed by atoms with Crippen LogP contribution in [-0.4, -0.2) is 23.1 Å². The van der Waals surface area contributed by atoms with Crippen molar-refractivity contribution in [1.82, 2.24) is 4.98 Å². The van der Waals surface area contributed by atoms with E-state index in [0.29, 0.717) is 22.0 Å². The van der Waals surface area contributed by atoms with Crippen molar-refractivity contribution in [3.8, 4) is 5.75 Å². The Morgan fingerprint density at radius 3 is 2.80 bits per heavy atom. The van der Waals surface area contributed by atoms with Crippen LogP contribution in [0.5, 0.6) is 5.75 Å². The zero-order valence-corrected chi connectivity index (χ0v) is 11.5. The number of hydrogen-bond acceptors (Lipinski definition) is 4. The lowest BCUT2D eigenvalue weighted by atomic mass is 10.2. The summed E-state index contributed by atoms with van der Waals surface area (Å²) in [6, 6.07) is 8.14. The van der Waals surface area contributed by atoms with Crippen molar-refractivity contribution in [2.75, 3.05) is 12.4 Å². The second-order valence-corrected chi connectivity index (χ2v) is 4.44. The SMILES string of the molecule is COc1ccc(NC(=O)c2ccc(Cl)cn2)cc1CO. The number of carbonyl (C=O) groups is 1. The van der Waals surface area contributed by atoms with E-state index in [0.717, 1.165) is 0 Å². The molecule has 6 heteroatoms. The first-order valence-electron chi connectivity index (χ1n) is 5.84. The Kier molecular flexibility index (Phi) is 4.55. The number of ether oxygens (including phenoxy) is 1. The van der Waals surface area contributed by atoms with Gasteiger partial charge < -0.3 is 15.2 Å². The number of benzene rings is 1. The second-order valence-electron chi connectivity index (χ2n) is 4.00. The van der Waals surface area contributed by atoms with E-state index in [2.05, 4.69) is 10.3 Å². The summed E-state index contributed by atoms with van der Waals surface area (Å²) in [5, 5.41) is 12.4. The number of anilines is 1. The van der Waals surface area contributed by atoms with E-state index in [9.17, 15) is 9.90 Å². The Morgan fingerprint density at radius 2 is 2.20 bits per heavy atom. The van der Waals surface area contributed by atoms with Crippen molar-refractivity contribution in [1.29, 1.82) is 0 Å². The number of aliphatic hydroxyl groups excluding tert-OH is 1. The van der Waals surface area contributed by atoms with E-state index < -0.39 is 0 Å². The lowest BCUT2D eigenvalue weighted by Gasteiger charge is -2.10. The quantitative estimate of drug-likeness (QED) is 0.908. The molecule has 5 nitrogen and oxygen atoms in total. The molecule has 20 heavy (non-hydrogen) atoms. The van der Waals surface area contributed by atoms with Gasteiger partial charge in [-0.2, -0.15) is 0 Å². The molecule has 0 aliphatic carbocycles. The number of nitrogens with one attached hydrogen (secondary N) is 1. The number of halogens is 1. The maximum Gasteiger partial charge on any atom is 0.274 e. The summed E-state index contributed by atoms with van der Waals surface area (Å²) >= 11 is 5.71. The number of carbonyl (C=O) groups excluding carboxylic acids is 1. The molecule has 1 amide bonds. The minimum absolute atomic E-state index is 0.175. The van der Waals surface area contributed by atoms with E-state index in [1.807, 2.05) is 0 Å². The summed E-state index contributed by atoms with van der Waals surface area (Å²) in [6.45, 7) is -0.175. The predicted octanol–water partition coefficient (Wildman–Crippen LogP) is 2.49. The standard InChI is InChI=1S/C14H13ClN2O3/c1-20-13-5-3-11(6-9(13)8-18)17-14(19)12-4-2-10(15)7-16-12/h2-7,18H,8H2,1H3,(H,17,19). The first-order valence-corrected chi connectivity index (χ1v) is 6.22. The van der Waals surface area contributed by atoms with Gasteiger partial charge in [0.1, 0.15) is 11.4 Å². The number of pyridine rings is 1. The first kappa shape index (κ1) is 14.3. The molecule has 0 fully saturated rings. The van der Waals surface area contributed by atoms with E-state index in [1.54, 1.807) is 24.3 Å². The second kappa shape index (κ2) is 6.36. The van der Waals surface area contributed by atoms with Crippen molar-refractivity contribution in [3.63, 3.8) is 0 Å². The molecule has 0 atom stereocenters. The third kappa shape index (κ3) is 3.26. The average Bonchev–Trinajstić information content (AvgIpc) is 2.47. The van der Waals surface area contributed by atoms with Crippen LogP contribution in [0.3, 0.4) is 0 Å². The monoisotopic (exact) mass is 292 g/mol. The minimum atomic E-state index is -0.351. The van der Waals surface area contributed by atoms with E-state index in [-0.39, 0.29) is 18.2 Å². The highest BCUT2D eigenvalue weighted by Gasteiger charge is 2.09. The van der Waals surface area contributed by atoms with Crippen LogP contribution >= 0.6 is 11.6 Å². The molecule has 1 aromatic heterocycles. The topological polar surface area (TPSA) is 71.5 Å². The highest BCUT2D eigenvalue weighted by atomic mass is 35.5. The molecule has 1 heterocycles. The van der Waals surface area contributed by atoms with Gasteiger partial charge in [0.2, 0.25) is 0 Å². The number of methoxy groups -OCH3 is 1. The van der Waals surface area contributed by atoms with E-state index >= 15 is 0 Å². The third-order valence-electron chi connectivity index (χ3n) is 2.67. The number of amides is 1. The van der Waals surface area contributed by atoms with Gasteiger partial charge in [-0.25, -0.2) is 4.98 Å². The van der Waals surface area contributed by atoms with Crippen LogP contribution in [0, 0.1) is 0 Å². The number of rotatable bonds is 4. The number of hydrogen-bond donors (Lipinski definition) is 2. The maximum absolute atomic E-state index is 12.0. The summed E-state index contributed by atoms with van der Waals surface area (Å²) < 4.78 is 5.09. The zero-order valence-electron chi connectivity index (χ0n) is 10.8. The lowest BCUT2D eigenvalue weighted by Crippen LogP contribution is -2.13. The maximum atomic E-state index is 12.0. The fraction of sp³-hybridized carbons (Fsp3) is 0.143. The van der Waals surface area contributed by atoms with Gasteiger partial charge in [-0.3, -0.25) is 4.79 Å². The average molecular weight is 293 g/mol. The molecule has 0 unspecified atom stereocenters. The molecular formula is C14H13ClN2O3. The molecule has 0 bridgehead atoms. The lowest BCUT2D eigenvalue weighted by molar-refractivity contribution is 0.102. The molecule has 2 N–H and O–H groups in total. The Balaban J connectivity index is 2.17. The van der Waals surface area contributed by atoms with Crippen LogP contribution in [0.4, 0.5) is 5.69 Å². The van der Waals surface area contributed by atoms with Crippen LogP contribution in [0.1, 0.15) is 16.1 Å². The molecule has 0 aliphatic heterocycles. The number of nitrogens with zero attached hydrogens (tertiary/aromatic N) is 1. The fourth-order valence-electron chi connectivity index (χ4n) is 1.69. The molecule has 0 radical (unpaired) electrons. The van der Waals surface area contributed by atoms with Gasteiger partial charge in [-0.15, -0.1) is 0 Å². The van der Waals surface area contributed by atoms with Crippen molar-refractivity contribution < 1.29 is 14.6 Å². The molecule has 0 saturated heterocycles. The van der Waals surface area contributed by atoms with E-state index in [1.165, 1.54) is 19.4 Å². The smallest absolute Gasteiger partial charge is 0.274 e. The van der Waals surface area contributed by atoms with Gasteiger partial charge in [-0.05, 0) is 30.3 Å². The van der Waals surface area contributed by atoms with Gasteiger partial charge in [0, 0.05) is 17.4 Å². The molecule has 0 aliphatic rings. The normalized spacial score (nSPS) is 10.2. The highest BCUT2D eigenvalue weighted by Crippen LogP contribution is 2.22. The molecule has 2 aromatic rings. The van der Waals surface area contributed by atoms with Crippen molar-refractivity contribution in [2.45, 2.75) is 6.61 Å². The Morgan fingerprint density at radius 1 is 1.40 bits per heavy atom. The molecular weight excluding hydrogens is 280 g/mol. The van der Waals surface area contributed by atoms with Crippen LogP contribution < -0.4 is 10.1 Å². The highest BCUT2D eigenvalue weighted by molar-refractivity contribution is 6.30. The Labute approximate surface area is 121 Å². The van der Waals surface area contributed by atoms with Gasteiger partial charge >= 0.3 is 0 Å². The fourth-order valence-corrected chi connectivity index (χ4v) is 1.80. The van der Waals surface area contributed by atoms with Gasteiger partial charge in [0.15, 0.2) is 0 Å². The van der Waals surface area contributed by atoms with Crippen molar-refractivity contribution >= 4 is 23.2 Å². The largest absolute Gasteiger partial charge is 0.496 e. The molecule has 0 saturated carbocycles. The molecule has 2 rings (SSSR count). The predicted molar refractivity (Wildman–Crippen MR) is 76.1 cm³/mol. The Hall–Kier alpha value is -2.11. The van der Waals surface area contributed by atoms with Crippen LogP contribution in [0.15, 0.2) is 36.5 Å². The van der Waals surface area contributed by atoms with Crippen LogP contribution in [0.2, 0.25) is 5.02 Å². The van der Waals surface area contributed by atoms with E-state index in [4.69, 9.17) is 16.3 Å². The summed E-state index contributed by atoms with van der Waals surface area (Å²) in [6.07, 6.45) is 1.41. The Bertz CT molecular complexity index is 614. The van der Waals surface area contributed by atoms with Gasteiger partial charge in [0.25, 0.3) is 5.91 Å². The number of aliphatic hydroxyl groups is 1. The zero-order chi connectivity index (χ0) is 14.5. The third-order valence-corrected chi connectivity index (χ3v) is 2.89. The van der Waals surface area contributed by atoms with Gasteiger partial charge in [-0.1, -0.05) is 11.6 Å². The molecule has 104 valence electrons. The molecule has 1 aromatic carbocycles. The van der Waals surface area contributed by atoms with Gasteiger partial charge in [0.05, 0.1) is 18.7 Å². The summed E-state index contributed by atoms with van der Waals surface area (Å²) in [4.78, 5) is 15.9. The molecule has 0 spiro atoms. The van der Waals surface area contributed by atoms with Crippen LogP contribution in [0.25, 0.3) is 0 Å². The summed E-state index contributed by atoms with van der Waals surface area (Å²) in [5.74, 6) is 0.214. The first-order chi connectivity index (χ1) is 9.63. The summed E-state index contributed by atoms with van der Waals surface area (Å²) in [5.41, 5.74) is 1.40. The van der Waals surface area contributed by atoms with Crippen molar-refractivity contribution in [3.05, 3.63) is 52.8 Å². The minimum Gasteiger partial charge on any atom is -0.496 e.